The van der Waals surface area contributed by atoms with Gasteiger partial charge in [0.25, 0.3) is 5.69 Å². The van der Waals surface area contributed by atoms with Gasteiger partial charge in [-0.3, -0.25) is 10.1 Å². The van der Waals surface area contributed by atoms with Gasteiger partial charge >= 0.3 is 0 Å². The van der Waals surface area contributed by atoms with Crippen LogP contribution in [0.1, 0.15) is 0 Å². The lowest BCUT2D eigenvalue weighted by atomic mass is 9.93. The number of fused-ring (bicyclic) bond motifs is 9. The number of aromatic nitrogens is 1. The van der Waals surface area contributed by atoms with E-state index in [-0.39, 0.29) is 5.69 Å². The molecule has 6 aromatic rings. The van der Waals surface area contributed by atoms with E-state index in [0.717, 1.165) is 26.9 Å². The highest BCUT2D eigenvalue weighted by Crippen LogP contribution is 2.39. The van der Waals surface area contributed by atoms with Crippen molar-refractivity contribution < 1.29 is 9.34 Å². The molecular weight excluding hydrogens is 352 g/mol. The van der Waals surface area contributed by atoms with Crippen molar-refractivity contribution >= 4 is 60.1 Å². The fourth-order valence-electron chi connectivity index (χ4n) is 4.15. The fraction of sp³-hybridized carbons (Fsp3) is 0. The highest BCUT2D eigenvalue weighted by molar-refractivity contribution is 6.28. The maximum atomic E-state index is 11.2. The molecule has 0 fully saturated rings. The number of hydrogen-bond acceptors (Lipinski definition) is 4. The van der Waals surface area contributed by atoms with Crippen LogP contribution in [0.2, 0.25) is 0 Å². The van der Waals surface area contributed by atoms with Gasteiger partial charge < -0.3 is 4.42 Å². The maximum absolute atomic E-state index is 11.2. The molecule has 132 valence electrons. The molecule has 0 N–H and O–H groups in total. The molecule has 2 aromatic heterocycles. The van der Waals surface area contributed by atoms with Crippen LogP contribution in [0.3, 0.4) is 0 Å². The van der Waals surface area contributed by atoms with Gasteiger partial charge in [0.2, 0.25) is 5.71 Å². The van der Waals surface area contributed by atoms with Crippen molar-refractivity contribution in [1.29, 1.82) is 0 Å². The number of furan rings is 1. The minimum Gasteiger partial charge on any atom is -0.438 e. The smallest absolute Gasteiger partial charge is 0.288 e. The van der Waals surface area contributed by atoms with E-state index >= 15 is 0 Å². The molecule has 0 saturated heterocycles. The van der Waals surface area contributed by atoms with Crippen LogP contribution in [-0.2, 0) is 0 Å². The first-order valence-electron chi connectivity index (χ1n) is 8.90. The van der Waals surface area contributed by atoms with Gasteiger partial charge in [-0.25, -0.2) is 4.98 Å². The second-order valence-corrected chi connectivity index (χ2v) is 6.89. The summed E-state index contributed by atoms with van der Waals surface area (Å²) in [6.45, 7) is 0. The molecule has 0 amide bonds. The normalized spacial score (nSPS) is 11.9. The van der Waals surface area contributed by atoms with E-state index in [1.165, 1.54) is 23.0 Å². The largest absolute Gasteiger partial charge is 0.438 e. The zero-order valence-corrected chi connectivity index (χ0v) is 14.5. The Morgan fingerprint density at radius 1 is 0.714 bits per heavy atom. The summed E-state index contributed by atoms with van der Waals surface area (Å²) >= 11 is 0. The zero-order valence-electron chi connectivity index (χ0n) is 14.5. The summed E-state index contributed by atoms with van der Waals surface area (Å²) in [5.41, 5.74) is 1.04. The average Bonchev–Trinajstić information content (AvgIpc) is 3.09. The summed E-state index contributed by atoms with van der Waals surface area (Å²) in [5.74, 6) is 0. The molecule has 0 atom stereocenters. The number of hydrogen-bond donors (Lipinski definition) is 0. The van der Waals surface area contributed by atoms with Gasteiger partial charge in [-0.1, -0.05) is 48.5 Å². The quantitative estimate of drug-likeness (QED) is 0.194. The Bertz CT molecular complexity index is 1600. The van der Waals surface area contributed by atoms with Crippen LogP contribution in [0.4, 0.5) is 5.69 Å². The van der Waals surface area contributed by atoms with E-state index < -0.39 is 4.92 Å². The van der Waals surface area contributed by atoms with Crippen molar-refractivity contribution in [3.63, 3.8) is 0 Å². The SMILES string of the molecule is O=[N+]([O-])c1cnc2oc3cc4c5ccccc5c5ccccc5c4cc3c2c1. The Labute approximate surface area is 158 Å². The first-order chi connectivity index (χ1) is 13.7. The number of benzene rings is 4. The molecule has 0 saturated carbocycles. The molecule has 0 bridgehead atoms. The standard InChI is InChI=1S/C23H12N2O3/c26-25(27)13-9-21-20-10-18-16-7-3-1-5-14(16)15-6-2-4-8-17(15)19(18)11-22(20)28-23(21)24-12-13/h1-12H. The van der Waals surface area contributed by atoms with E-state index in [1.807, 2.05) is 30.3 Å². The molecular formula is C23H12N2O3. The minimum absolute atomic E-state index is 0.0429. The van der Waals surface area contributed by atoms with Gasteiger partial charge in [0.15, 0.2) is 0 Å². The molecule has 6 rings (SSSR count). The van der Waals surface area contributed by atoms with Crippen LogP contribution < -0.4 is 0 Å². The Morgan fingerprint density at radius 3 is 1.89 bits per heavy atom. The molecule has 5 nitrogen and oxygen atoms in total. The van der Waals surface area contributed by atoms with Gasteiger partial charge in [0.05, 0.1) is 10.3 Å². The third kappa shape index (κ3) is 1.93. The van der Waals surface area contributed by atoms with Gasteiger partial charge in [-0.2, -0.15) is 0 Å². The highest BCUT2D eigenvalue weighted by Gasteiger charge is 2.16. The summed E-state index contributed by atoms with van der Waals surface area (Å²) in [6.07, 6.45) is 1.23. The second-order valence-electron chi connectivity index (χ2n) is 6.89. The Hall–Kier alpha value is -3.99. The van der Waals surface area contributed by atoms with Crippen molar-refractivity contribution in [3.05, 3.63) is 83.0 Å². The molecule has 28 heavy (non-hydrogen) atoms. The van der Waals surface area contributed by atoms with Crippen LogP contribution in [0, 0.1) is 10.1 Å². The Kier molecular flexibility index (Phi) is 2.84. The van der Waals surface area contributed by atoms with Gasteiger partial charge in [-0.05, 0) is 44.5 Å². The van der Waals surface area contributed by atoms with E-state index in [2.05, 4.69) is 35.3 Å². The lowest BCUT2D eigenvalue weighted by molar-refractivity contribution is -0.385. The lowest BCUT2D eigenvalue weighted by Gasteiger charge is -2.10. The molecule has 5 heteroatoms. The lowest BCUT2D eigenvalue weighted by Crippen LogP contribution is -1.88. The summed E-state index contributed by atoms with van der Waals surface area (Å²) in [7, 11) is 0. The van der Waals surface area contributed by atoms with Gasteiger partial charge in [-0.15, -0.1) is 0 Å². The maximum Gasteiger partial charge on any atom is 0.288 e. The molecule has 0 unspecified atom stereocenters. The number of pyridine rings is 1. The van der Waals surface area contributed by atoms with Crippen LogP contribution in [0.25, 0.3) is 54.4 Å². The zero-order chi connectivity index (χ0) is 18.8. The number of rotatable bonds is 1. The van der Waals surface area contributed by atoms with Gasteiger partial charge in [0, 0.05) is 11.5 Å². The summed E-state index contributed by atoms with van der Waals surface area (Å²) in [6, 6.07) is 22.2. The van der Waals surface area contributed by atoms with Crippen LogP contribution in [0.15, 0.2) is 77.3 Å². The predicted octanol–water partition coefficient (Wildman–Crippen LogP) is 6.35. The van der Waals surface area contributed by atoms with Crippen molar-refractivity contribution in [2.24, 2.45) is 0 Å². The van der Waals surface area contributed by atoms with Crippen molar-refractivity contribution in [2.45, 2.75) is 0 Å². The van der Waals surface area contributed by atoms with Crippen molar-refractivity contribution in [1.82, 2.24) is 4.98 Å². The van der Waals surface area contributed by atoms with Crippen LogP contribution >= 0.6 is 0 Å². The van der Waals surface area contributed by atoms with E-state index in [0.29, 0.717) is 16.7 Å². The van der Waals surface area contributed by atoms with Gasteiger partial charge in [0.1, 0.15) is 11.8 Å². The summed E-state index contributed by atoms with van der Waals surface area (Å²) < 4.78 is 5.92. The average molecular weight is 364 g/mol. The van der Waals surface area contributed by atoms with Crippen LogP contribution in [0.5, 0.6) is 0 Å². The monoisotopic (exact) mass is 364 g/mol. The molecule has 0 aliphatic heterocycles. The van der Waals surface area contributed by atoms with Crippen molar-refractivity contribution in [2.75, 3.05) is 0 Å². The predicted molar refractivity (Wildman–Crippen MR) is 111 cm³/mol. The van der Waals surface area contributed by atoms with E-state index in [9.17, 15) is 10.1 Å². The molecule has 2 heterocycles. The Morgan fingerprint density at radius 2 is 1.29 bits per heavy atom. The van der Waals surface area contributed by atoms with Crippen LogP contribution in [-0.4, -0.2) is 9.91 Å². The first-order valence-corrected chi connectivity index (χ1v) is 8.90. The van der Waals surface area contributed by atoms with E-state index in [4.69, 9.17) is 4.42 Å². The Balaban J connectivity index is 1.87. The molecule has 0 aliphatic carbocycles. The minimum atomic E-state index is -0.435. The third-order valence-electron chi connectivity index (χ3n) is 5.39. The van der Waals surface area contributed by atoms with Crippen molar-refractivity contribution in [3.8, 4) is 0 Å². The molecule has 4 aromatic carbocycles. The third-order valence-corrected chi connectivity index (χ3v) is 5.39. The highest BCUT2D eigenvalue weighted by atomic mass is 16.6. The summed E-state index contributed by atoms with van der Waals surface area (Å²) in [5, 5.41) is 19.5. The molecule has 0 aliphatic rings. The number of nitrogens with zero attached hydrogens (tertiary/aromatic N) is 2. The van der Waals surface area contributed by atoms with E-state index in [1.54, 1.807) is 0 Å². The fourth-order valence-corrected chi connectivity index (χ4v) is 4.15. The number of nitro groups is 1. The second kappa shape index (κ2) is 5.27. The topological polar surface area (TPSA) is 69.2 Å². The first kappa shape index (κ1) is 15.1. The summed E-state index contributed by atoms with van der Waals surface area (Å²) in [4.78, 5) is 14.9. The molecule has 0 radical (unpaired) electrons. The molecule has 0 spiro atoms.